The molecule has 210 valence electrons. The van der Waals surface area contributed by atoms with E-state index in [0.717, 1.165) is 39.0 Å². The Morgan fingerprint density at radius 3 is 1.87 bits per heavy atom. The maximum Gasteiger partial charge on any atom is 0.137 e. The smallest absolute Gasteiger partial charge is 0.137 e. The molecule has 10 rings (SSSR count). The fraction of sp³-hybridized carbons (Fsp3) is 0. The standard InChI is InChI=1S/C42H25NOS/c1-2-10-27(11-3-1)43(29-20-23-32-31-12-6-8-16-37(31)44-38(32)25-29)28-19-22-30-26(24-28)18-21-36-40(30)33-13-4-5-14-34(33)41-35-15-7-9-17-39(35)45-42(36)41/h1-25H. The van der Waals surface area contributed by atoms with Gasteiger partial charge in [-0.2, -0.15) is 0 Å². The molecule has 3 heteroatoms. The zero-order valence-corrected chi connectivity index (χ0v) is 25.0. The van der Waals surface area contributed by atoms with Gasteiger partial charge in [0.25, 0.3) is 0 Å². The van der Waals surface area contributed by atoms with Gasteiger partial charge in [0.2, 0.25) is 0 Å². The minimum Gasteiger partial charge on any atom is -0.456 e. The van der Waals surface area contributed by atoms with Gasteiger partial charge >= 0.3 is 0 Å². The lowest BCUT2D eigenvalue weighted by Crippen LogP contribution is -2.09. The Balaban J connectivity index is 1.22. The Morgan fingerprint density at radius 1 is 0.400 bits per heavy atom. The van der Waals surface area contributed by atoms with Gasteiger partial charge in [-0.15, -0.1) is 11.3 Å². The molecule has 0 atom stereocenters. The first-order valence-corrected chi connectivity index (χ1v) is 16.1. The molecule has 0 aliphatic heterocycles. The molecule has 0 aliphatic carbocycles. The second-order valence-electron chi connectivity index (χ2n) is 11.7. The molecular formula is C42H25NOS. The van der Waals surface area contributed by atoms with Gasteiger partial charge in [0.05, 0.1) is 0 Å². The first kappa shape index (κ1) is 24.8. The minimum atomic E-state index is 0.889. The lowest BCUT2D eigenvalue weighted by molar-refractivity contribution is 0.669. The minimum absolute atomic E-state index is 0.889. The molecule has 0 saturated carbocycles. The Labute approximate surface area is 263 Å². The molecule has 0 N–H and O–H groups in total. The lowest BCUT2D eigenvalue weighted by Gasteiger charge is -2.26. The molecule has 0 fully saturated rings. The Bertz CT molecular complexity index is 2770. The molecule has 8 aromatic carbocycles. The molecule has 10 aromatic rings. The van der Waals surface area contributed by atoms with Gasteiger partial charge in [0.15, 0.2) is 0 Å². The zero-order chi connectivity index (χ0) is 29.5. The topological polar surface area (TPSA) is 16.4 Å². The van der Waals surface area contributed by atoms with Crippen LogP contribution in [-0.4, -0.2) is 0 Å². The lowest BCUT2D eigenvalue weighted by atomic mass is 9.93. The van der Waals surface area contributed by atoms with Crippen LogP contribution in [0.2, 0.25) is 0 Å². The third kappa shape index (κ3) is 3.62. The van der Waals surface area contributed by atoms with Crippen molar-refractivity contribution in [1.29, 1.82) is 0 Å². The van der Waals surface area contributed by atoms with Crippen molar-refractivity contribution < 1.29 is 4.42 Å². The second kappa shape index (κ2) is 9.43. The molecule has 0 unspecified atom stereocenters. The van der Waals surface area contributed by atoms with E-state index in [1.54, 1.807) is 0 Å². The van der Waals surface area contributed by atoms with E-state index in [-0.39, 0.29) is 0 Å². The van der Waals surface area contributed by atoms with Gasteiger partial charge in [-0.05, 0) is 75.5 Å². The highest BCUT2D eigenvalue weighted by atomic mass is 32.1. The molecule has 2 heterocycles. The van der Waals surface area contributed by atoms with E-state index >= 15 is 0 Å². The summed E-state index contributed by atoms with van der Waals surface area (Å²) in [5.41, 5.74) is 5.07. The van der Waals surface area contributed by atoms with Crippen LogP contribution < -0.4 is 4.90 Å². The van der Waals surface area contributed by atoms with E-state index in [1.807, 2.05) is 23.5 Å². The normalized spacial score (nSPS) is 12.0. The third-order valence-corrected chi connectivity index (χ3v) is 10.4. The van der Waals surface area contributed by atoms with Crippen LogP contribution in [0.25, 0.3) is 74.4 Å². The Morgan fingerprint density at radius 2 is 1.02 bits per heavy atom. The van der Waals surface area contributed by atoms with Crippen LogP contribution >= 0.6 is 11.3 Å². The maximum absolute atomic E-state index is 6.31. The first-order valence-electron chi connectivity index (χ1n) is 15.3. The fourth-order valence-electron chi connectivity index (χ4n) is 7.24. The highest BCUT2D eigenvalue weighted by Crippen LogP contribution is 2.46. The zero-order valence-electron chi connectivity index (χ0n) is 24.2. The number of para-hydroxylation sites is 2. The van der Waals surface area contributed by atoms with Crippen molar-refractivity contribution in [1.82, 2.24) is 0 Å². The average molecular weight is 592 g/mol. The van der Waals surface area contributed by atoms with E-state index in [9.17, 15) is 0 Å². The van der Waals surface area contributed by atoms with E-state index in [1.165, 1.54) is 52.5 Å². The van der Waals surface area contributed by atoms with Crippen LogP contribution in [0.5, 0.6) is 0 Å². The number of thiophene rings is 1. The monoisotopic (exact) mass is 591 g/mol. The quantitative estimate of drug-likeness (QED) is 0.190. The number of hydrogen-bond acceptors (Lipinski definition) is 3. The number of hydrogen-bond donors (Lipinski definition) is 0. The maximum atomic E-state index is 6.31. The number of anilines is 3. The third-order valence-electron chi connectivity index (χ3n) is 9.20. The number of benzene rings is 8. The molecule has 2 aromatic heterocycles. The summed E-state index contributed by atoms with van der Waals surface area (Å²) in [6, 6.07) is 54.6. The predicted octanol–water partition coefficient (Wildman–Crippen LogP) is 12.9. The number of nitrogens with zero attached hydrogens (tertiary/aromatic N) is 1. The molecule has 0 bridgehead atoms. The molecule has 0 amide bonds. The highest BCUT2D eigenvalue weighted by Gasteiger charge is 2.18. The van der Waals surface area contributed by atoms with Crippen molar-refractivity contribution in [3.63, 3.8) is 0 Å². The number of furan rings is 1. The summed E-state index contributed by atoms with van der Waals surface area (Å²) in [4.78, 5) is 2.32. The summed E-state index contributed by atoms with van der Waals surface area (Å²) in [6.07, 6.45) is 0. The SMILES string of the molecule is c1ccc(N(c2ccc3c(ccc4c5sc6ccccc6c5c5ccccc5c34)c2)c2ccc3c(c2)oc2ccccc23)cc1. The van der Waals surface area contributed by atoms with Crippen LogP contribution in [-0.2, 0) is 0 Å². The first-order chi connectivity index (χ1) is 22.3. The largest absolute Gasteiger partial charge is 0.456 e. The van der Waals surface area contributed by atoms with Crippen LogP contribution in [0.4, 0.5) is 17.1 Å². The van der Waals surface area contributed by atoms with Crippen LogP contribution in [0.15, 0.2) is 156 Å². The van der Waals surface area contributed by atoms with Gasteiger partial charge < -0.3 is 9.32 Å². The predicted molar refractivity (Wildman–Crippen MR) is 194 cm³/mol. The molecule has 0 spiro atoms. The van der Waals surface area contributed by atoms with E-state index < -0.39 is 0 Å². The molecule has 0 saturated heterocycles. The van der Waals surface area contributed by atoms with Gasteiger partial charge in [-0.25, -0.2) is 0 Å². The van der Waals surface area contributed by atoms with Crippen LogP contribution in [0, 0.1) is 0 Å². The summed E-state index contributed by atoms with van der Waals surface area (Å²) in [6.45, 7) is 0. The van der Waals surface area contributed by atoms with Crippen molar-refractivity contribution in [2.24, 2.45) is 0 Å². The molecule has 45 heavy (non-hydrogen) atoms. The Kier molecular flexibility index (Phi) is 5.19. The second-order valence-corrected chi connectivity index (χ2v) is 12.7. The number of fused-ring (bicyclic) bond motifs is 13. The van der Waals surface area contributed by atoms with Crippen LogP contribution in [0.1, 0.15) is 0 Å². The fourth-order valence-corrected chi connectivity index (χ4v) is 8.48. The van der Waals surface area contributed by atoms with Gasteiger partial charge in [-0.3, -0.25) is 0 Å². The van der Waals surface area contributed by atoms with Gasteiger partial charge in [-0.1, -0.05) is 97.1 Å². The average Bonchev–Trinajstić information content (AvgIpc) is 3.67. The number of rotatable bonds is 3. The van der Waals surface area contributed by atoms with E-state index in [4.69, 9.17) is 4.42 Å². The highest BCUT2D eigenvalue weighted by molar-refractivity contribution is 7.27. The van der Waals surface area contributed by atoms with E-state index in [0.29, 0.717) is 0 Å². The Hall–Kier alpha value is -5.64. The summed E-state index contributed by atoms with van der Waals surface area (Å²) in [5.74, 6) is 0. The molecule has 2 nitrogen and oxygen atoms in total. The van der Waals surface area contributed by atoms with Crippen molar-refractivity contribution in [2.45, 2.75) is 0 Å². The molecule has 0 aliphatic rings. The van der Waals surface area contributed by atoms with Crippen molar-refractivity contribution in [3.8, 4) is 0 Å². The van der Waals surface area contributed by atoms with Gasteiger partial charge in [0, 0.05) is 59.5 Å². The summed E-state index contributed by atoms with van der Waals surface area (Å²) < 4.78 is 9.00. The summed E-state index contributed by atoms with van der Waals surface area (Å²) in [5, 5.41) is 12.7. The molecular weight excluding hydrogens is 567 g/mol. The van der Waals surface area contributed by atoms with Crippen molar-refractivity contribution in [2.75, 3.05) is 4.90 Å². The van der Waals surface area contributed by atoms with E-state index in [2.05, 4.69) is 144 Å². The van der Waals surface area contributed by atoms with Crippen molar-refractivity contribution in [3.05, 3.63) is 152 Å². The van der Waals surface area contributed by atoms with Crippen LogP contribution in [0.3, 0.4) is 0 Å². The molecule has 0 radical (unpaired) electrons. The van der Waals surface area contributed by atoms with Gasteiger partial charge in [0.1, 0.15) is 11.2 Å². The van der Waals surface area contributed by atoms with Crippen molar-refractivity contribution >= 4 is 103 Å². The summed E-state index contributed by atoms with van der Waals surface area (Å²) in [7, 11) is 0. The summed E-state index contributed by atoms with van der Waals surface area (Å²) >= 11 is 1.90.